The zero-order valence-electron chi connectivity index (χ0n) is 6.74. The van der Waals surface area contributed by atoms with Gasteiger partial charge in [0.1, 0.15) is 10.8 Å². The predicted octanol–water partition coefficient (Wildman–Crippen LogP) is 0.469. The van der Waals surface area contributed by atoms with Crippen LogP contribution in [0.3, 0.4) is 0 Å². The van der Waals surface area contributed by atoms with Crippen LogP contribution in [0.4, 0.5) is 0 Å². The maximum Gasteiger partial charge on any atom is 1.00 e. The van der Waals surface area contributed by atoms with Crippen molar-refractivity contribution in [2.24, 2.45) is 0 Å². The first kappa shape index (κ1) is 11.9. The second-order valence-corrected chi connectivity index (χ2v) is 2.86. The minimum Gasteiger partial charge on any atom is -1.00 e. The van der Waals surface area contributed by atoms with Crippen molar-refractivity contribution < 1.29 is 36.1 Å². The van der Waals surface area contributed by atoms with Crippen LogP contribution in [0.5, 0.6) is 5.75 Å². The average molecular weight is 221 g/mol. The summed E-state index contributed by atoms with van der Waals surface area (Å²) in [4.78, 5) is 0. The maximum atomic E-state index is 8.95. The van der Waals surface area contributed by atoms with Gasteiger partial charge in [0.15, 0.2) is 0 Å². The number of aromatic hydroxyl groups is 1. The molecular weight excluding hydrogens is 217 g/mol. The molecule has 0 atom stereocenters. The Kier molecular flexibility index (Phi) is 5.19. The molecule has 1 aromatic carbocycles. The standard InChI is InChI=1S/C6H3Cl3O.Na.H/c7-3-1-2-4(10)6(9)5(3)8;;/h1-2,10H;;/q;+1;-1. The Hall–Kier alpha value is 0.890. The minimum absolute atomic E-state index is 0. The van der Waals surface area contributed by atoms with Crippen molar-refractivity contribution in [3.05, 3.63) is 27.2 Å². The molecule has 0 saturated heterocycles. The molecule has 5 heteroatoms. The molecule has 0 radical (unpaired) electrons. The molecule has 0 spiro atoms. The molecule has 0 unspecified atom stereocenters. The summed E-state index contributed by atoms with van der Waals surface area (Å²) in [5.74, 6) is -0.0592. The van der Waals surface area contributed by atoms with E-state index in [1.54, 1.807) is 0 Å². The molecule has 0 heterocycles. The van der Waals surface area contributed by atoms with Gasteiger partial charge in [-0.25, -0.2) is 0 Å². The van der Waals surface area contributed by atoms with E-state index >= 15 is 0 Å². The van der Waals surface area contributed by atoms with E-state index in [4.69, 9.17) is 39.9 Å². The largest absolute Gasteiger partial charge is 1.00 e. The first-order valence-corrected chi connectivity index (χ1v) is 3.59. The summed E-state index contributed by atoms with van der Waals surface area (Å²) >= 11 is 16.6. The first-order valence-electron chi connectivity index (χ1n) is 2.45. The summed E-state index contributed by atoms with van der Waals surface area (Å²) in [7, 11) is 0. The number of rotatable bonds is 0. The van der Waals surface area contributed by atoms with E-state index in [0.717, 1.165) is 0 Å². The van der Waals surface area contributed by atoms with Crippen LogP contribution in [0, 0.1) is 0 Å². The molecular formula is C6H4Cl3NaO. The van der Waals surface area contributed by atoms with E-state index in [1.807, 2.05) is 0 Å². The van der Waals surface area contributed by atoms with Crippen LogP contribution in [0.25, 0.3) is 0 Å². The SMILES string of the molecule is Oc1ccc(Cl)c(Cl)c1Cl.[H-].[Na+]. The van der Waals surface area contributed by atoms with Crippen molar-refractivity contribution in [3.8, 4) is 5.75 Å². The van der Waals surface area contributed by atoms with Crippen molar-refractivity contribution in [2.75, 3.05) is 0 Å². The third-order valence-electron chi connectivity index (χ3n) is 1.01. The molecule has 1 nitrogen and oxygen atoms in total. The Bertz CT molecular complexity index is 242. The number of phenolic OH excluding ortho intramolecular Hbond substituents is 1. The fourth-order valence-corrected chi connectivity index (χ4v) is 1.05. The summed E-state index contributed by atoms with van der Waals surface area (Å²) in [6.07, 6.45) is 0. The number of hydrogen-bond acceptors (Lipinski definition) is 1. The monoisotopic (exact) mass is 220 g/mol. The zero-order chi connectivity index (χ0) is 7.72. The number of halogens is 3. The van der Waals surface area contributed by atoms with Crippen molar-refractivity contribution in [1.82, 2.24) is 0 Å². The van der Waals surface area contributed by atoms with Crippen molar-refractivity contribution in [2.45, 2.75) is 0 Å². The van der Waals surface area contributed by atoms with Gasteiger partial charge in [0.05, 0.1) is 10.0 Å². The first-order chi connectivity index (χ1) is 4.63. The second kappa shape index (κ2) is 4.80. The van der Waals surface area contributed by atoms with E-state index in [9.17, 15) is 0 Å². The van der Waals surface area contributed by atoms with Crippen LogP contribution in [-0.4, -0.2) is 5.11 Å². The summed E-state index contributed by atoms with van der Waals surface area (Å²) < 4.78 is 0. The Morgan fingerprint density at radius 3 is 2.09 bits per heavy atom. The molecule has 0 aliphatic carbocycles. The normalized spacial score (nSPS) is 9.00. The molecule has 0 bridgehead atoms. The molecule has 0 fully saturated rings. The molecule has 11 heavy (non-hydrogen) atoms. The summed E-state index contributed by atoms with van der Waals surface area (Å²) in [5, 5.41) is 9.56. The molecule has 1 aromatic rings. The van der Waals surface area contributed by atoms with E-state index in [1.165, 1.54) is 12.1 Å². The van der Waals surface area contributed by atoms with Crippen molar-refractivity contribution in [3.63, 3.8) is 0 Å². The van der Waals surface area contributed by atoms with Gasteiger partial charge in [0, 0.05) is 0 Å². The average Bonchev–Trinajstić information content (AvgIpc) is 1.93. The molecule has 1 rings (SSSR count). The maximum absolute atomic E-state index is 8.95. The van der Waals surface area contributed by atoms with Gasteiger partial charge in [0.2, 0.25) is 0 Å². The number of phenols is 1. The Balaban J connectivity index is 0. The van der Waals surface area contributed by atoms with Crippen LogP contribution < -0.4 is 29.6 Å². The zero-order valence-corrected chi connectivity index (χ0v) is 10.0. The molecule has 0 aromatic heterocycles. The fourth-order valence-electron chi connectivity index (χ4n) is 0.516. The molecule has 0 aliphatic rings. The van der Waals surface area contributed by atoms with Gasteiger partial charge in [-0.15, -0.1) is 0 Å². The molecule has 56 valence electrons. The Morgan fingerprint density at radius 1 is 1.09 bits per heavy atom. The summed E-state index contributed by atoms with van der Waals surface area (Å²) in [6, 6.07) is 2.86. The summed E-state index contributed by atoms with van der Waals surface area (Å²) in [5.41, 5.74) is 0. The quantitative estimate of drug-likeness (QED) is 0.499. The van der Waals surface area contributed by atoms with E-state index in [0.29, 0.717) is 5.02 Å². The van der Waals surface area contributed by atoms with E-state index < -0.39 is 0 Å². The van der Waals surface area contributed by atoms with Gasteiger partial charge in [-0.05, 0) is 12.1 Å². The van der Waals surface area contributed by atoms with Crippen molar-refractivity contribution in [1.29, 1.82) is 0 Å². The van der Waals surface area contributed by atoms with Crippen molar-refractivity contribution >= 4 is 34.8 Å². The van der Waals surface area contributed by atoms with Gasteiger partial charge in [0.25, 0.3) is 0 Å². The third kappa shape index (κ3) is 2.69. The fraction of sp³-hybridized carbons (Fsp3) is 0. The Morgan fingerprint density at radius 2 is 1.64 bits per heavy atom. The molecule has 0 saturated carbocycles. The smallest absolute Gasteiger partial charge is 1.00 e. The van der Waals surface area contributed by atoms with E-state index in [2.05, 4.69) is 0 Å². The van der Waals surface area contributed by atoms with Crippen LogP contribution >= 0.6 is 34.8 Å². The van der Waals surface area contributed by atoms with Gasteiger partial charge < -0.3 is 6.53 Å². The molecule has 0 aliphatic heterocycles. The second-order valence-electron chi connectivity index (χ2n) is 1.69. The Labute approximate surface area is 103 Å². The predicted molar refractivity (Wildman–Crippen MR) is 44.2 cm³/mol. The van der Waals surface area contributed by atoms with Crippen LogP contribution in [-0.2, 0) is 0 Å². The third-order valence-corrected chi connectivity index (χ3v) is 2.30. The number of hydrogen-bond donors (Lipinski definition) is 1. The van der Waals surface area contributed by atoms with Gasteiger partial charge in [-0.1, -0.05) is 34.8 Å². The van der Waals surface area contributed by atoms with Gasteiger partial charge >= 0.3 is 29.6 Å². The number of benzene rings is 1. The van der Waals surface area contributed by atoms with Crippen LogP contribution in [0.15, 0.2) is 12.1 Å². The summed E-state index contributed by atoms with van der Waals surface area (Å²) in [6.45, 7) is 0. The van der Waals surface area contributed by atoms with Crippen LogP contribution in [0.2, 0.25) is 15.1 Å². The minimum atomic E-state index is -0.0592. The molecule has 1 N–H and O–H groups in total. The van der Waals surface area contributed by atoms with E-state index in [-0.39, 0.29) is 46.8 Å². The van der Waals surface area contributed by atoms with Gasteiger partial charge in [-0.3, -0.25) is 0 Å². The molecule has 0 amide bonds. The topological polar surface area (TPSA) is 20.2 Å². The van der Waals surface area contributed by atoms with Crippen LogP contribution in [0.1, 0.15) is 1.43 Å². The van der Waals surface area contributed by atoms with Gasteiger partial charge in [-0.2, -0.15) is 0 Å².